The van der Waals surface area contributed by atoms with Crippen LogP contribution in [0.2, 0.25) is 0 Å². The Morgan fingerprint density at radius 3 is 2.48 bits per heavy atom. The normalized spacial score (nSPS) is 16.4. The number of nitrogens with one attached hydrogen (secondary N) is 1. The number of nitrogens with zero attached hydrogens (tertiary/aromatic N) is 3. The summed E-state index contributed by atoms with van der Waals surface area (Å²) in [6.45, 7) is 2.64. The van der Waals surface area contributed by atoms with Crippen molar-refractivity contribution in [2.45, 2.75) is 13.0 Å². The van der Waals surface area contributed by atoms with Crippen LogP contribution in [0.5, 0.6) is 0 Å². The minimum Gasteiger partial charge on any atom is -0.355 e. The van der Waals surface area contributed by atoms with E-state index in [-0.39, 0.29) is 35.3 Å². The monoisotopic (exact) mass is 420 g/mol. The molecule has 1 aliphatic rings. The Hall–Kier alpha value is -4.01. The number of amides is 2. The largest absolute Gasteiger partial charge is 0.355 e. The molecule has 0 bridgehead atoms. The molecule has 4 rings (SSSR count). The van der Waals surface area contributed by atoms with Crippen molar-refractivity contribution in [1.29, 1.82) is 0 Å². The van der Waals surface area contributed by atoms with E-state index in [4.69, 9.17) is 0 Å². The van der Waals surface area contributed by atoms with Crippen LogP contribution >= 0.6 is 0 Å². The van der Waals surface area contributed by atoms with Gasteiger partial charge in [-0.05, 0) is 19.1 Å². The lowest BCUT2D eigenvalue weighted by atomic mass is 10.1. The predicted octanol–water partition coefficient (Wildman–Crippen LogP) is 2.63. The number of carbonyl (C=O) groups is 3. The maximum Gasteiger partial charge on any atom is 0.295 e. The number of Topliss-reactive ketones (excluding diaryl/α,β-unsaturated/α-hetero) is 1. The molecule has 158 valence electrons. The van der Waals surface area contributed by atoms with Crippen LogP contribution in [0.1, 0.15) is 27.6 Å². The Bertz CT molecular complexity index is 1190. The van der Waals surface area contributed by atoms with Crippen molar-refractivity contribution in [3.63, 3.8) is 0 Å². The summed E-state index contributed by atoms with van der Waals surface area (Å²) >= 11 is 0. The predicted molar refractivity (Wildman–Crippen MR) is 113 cm³/mol. The summed E-state index contributed by atoms with van der Waals surface area (Å²) in [6.07, 6.45) is 1.33. The van der Waals surface area contributed by atoms with Gasteiger partial charge in [0.25, 0.3) is 23.3 Å². The van der Waals surface area contributed by atoms with Gasteiger partial charge in [-0.2, -0.15) is 0 Å². The van der Waals surface area contributed by atoms with Gasteiger partial charge in [-0.15, -0.1) is 0 Å². The number of piperazine rings is 1. The summed E-state index contributed by atoms with van der Waals surface area (Å²) in [4.78, 5) is 55.1. The lowest BCUT2D eigenvalue weighted by Crippen LogP contribution is -2.56. The third-order valence-corrected chi connectivity index (χ3v) is 5.53. The molecule has 0 aliphatic carbocycles. The molecule has 1 N–H and O–H groups in total. The number of nitro benzene ring substituents is 1. The van der Waals surface area contributed by atoms with Gasteiger partial charge in [0.2, 0.25) is 0 Å². The summed E-state index contributed by atoms with van der Waals surface area (Å²) in [5, 5.41) is 11.5. The first-order chi connectivity index (χ1) is 14.9. The number of hydrogen-bond acceptors (Lipinski definition) is 5. The van der Waals surface area contributed by atoms with E-state index < -0.39 is 16.6 Å². The number of fused-ring (bicyclic) bond motifs is 1. The van der Waals surface area contributed by atoms with Gasteiger partial charge >= 0.3 is 0 Å². The van der Waals surface area contributed by atoms with Gasteiger partial charge < -0.3 is 14.8 Å². The molecule has 1 aliphatic heterocycles. The van der Waals surface area contributed by atoms with Crippen molar-refractivity contribution < 1.29 is 19.3 Å². The molecular weight excluding hydrogens is 400 g/mol. The summed E-state index contributed by atoms with van der Waals surface area (Å²) in [5.41, 5.74) is 0.713. The molecule has 3 aromatic rings. The second-order valence-electron chi connectivity index (χ2n) is 7.45. The fourth-order valence-corrected chi connectivity index (χ4v) is 3.93. The van der Waals surface area contributed by atoms with E-state index >= 15 is 0 Å². The minimum absolute atomic E-state index is 0.0960. The number of hydrogen-bond donors (Lipinski definition) is 1. The highest BCUT2D eigenvalue weighted by atomic mass is 16.6. The number of non-ortho nitro benzene ring substituents is 1. The molecule has 2 aromatic carbocycles. The van der Waals surface area contributed by atoms with Crippen LogP contribution in [0.4, 0.5) is 5.69 Å². The molecule has 1 atom stereocenters. The smallest absolute Gasteiger partial charge is 0.295 e. The van der Waals surface area contributed by atoms with Gasteiger partial charge in [-0.3, -0.25) is 24.5 Å². The number of para-hydroxylation sites is 1. The number of aromatic nitrogens is 1. The van der Waals surface area contributed by atoms with Crippen LogP contribution in [0.25, 0.3) is 10.9 Å². The van der Waals surface area contributed by atoms with E-state index in [9.17, 15) is 24.5 Å². The minimum atomic E-state index is -0.735. The van der Waals surface area contributed by atoms with E-state index in [1.165, 1.54) is 23.2 Å². The molecular formula is C22H20N4O5. The second-order valence-corrected chi connectivity index (χ2v) is 7.45. The van der Waals surface area contributed by atoms with Crippen LogP contribution < -0.4 is 0 Å². The number of rotatable bonds is 4. The van der Waals surface area contributed by atoms with Crippen molar-refractivity contribution in [3.8, 4) is 0 Å². The third kappa shape index (κ3) is 3.65. The van der Waals surface area contributed by atoms with Crippen LogP contribution in [-0.4, -0.2) is 63.0 Å². The number of carbonyl (C=O) groups excluding carboxylic acids is 3. The highest BCUT2D eigenvalue weighted by Gasteiger charge is 2.34. The Morgan fingerprint density at radius 1 is 1.06 bits per heavy atom. The zero-order valence-electron chi connectivity index (χ0n) is 16.8. The fraction of sp³-hybridized carbons (Fsp3) is 0.227. The highest BCUT2D eigenvalue weighted by molar-refractivity contribution is 6.45. The molecule has 0 radical (unpaired) electrons. The van der Waals surface area contributed by atoms with E-state index in [0.717, 1.165) is 0 Å². The maximum absolute atomic E-state index is 12.9. The van der Waals surface area contributed by atoms with Gasteiger partial charge in [0, 0.05) is 48.9 Å². The van der Waals surface area contributed by atoms with Crippen molar-refractivity contribution in [2.24, 2.45) is 0 Å². The standard InChI is InChI=1S/C22H20N4O5/c1-14-13-24(21(28)15-6-3-2-4-7-15)10-11-25(14)22(29)20(27)17-12-23-19-16(17)8-5-9-18(19)26(30)31/h2-9,12,14,23H,10-11,13H2,1H3. The average molecular weight is 420 g/mol. The lowest BCUT2D eigenvalue weighted by molar-refractivity contribution is -0.383. The Kier molecular flexibility index (Phi) is 5.24. The first-order valence-corrected chi connectivity index (χ1v) is 9.82. The van der Waals surface area contributed by atoms with E-state index in [1.807, 2.05) is 6.07 Å². The maximum atomic E-state index is 12.9. The van der Waals surface area contributed by atoms with Crippen molar-refractivity contribution >= 4 is 34.2 Å². The molecule has 2 amide bonds. The van der Waals surface area contributed by atoms with Crippen molar-refractivity contribution in [1.82, 2.24) is 14.8 Å². The fourth-order valence-electron chi connectivity index (χ4n) is 3.93. The Labute approximate surface area is 177 Å². The topological polar surface area (TPSA) is 117 Å². The van der Waals surface area contributed by atoms with Crippen LogP contribution in [0.15, 0.2) is 54.7 Å². The molecule has 0 saturated carbocycles. The molecule has 1 saturated heterocycles. The Balaban J connectivity index is 1.51. The third-order valence-electron chi connectivity index (χ3n) is 5.53. The van der Waals surface area contributed by atoms with Crippen LogP contribution in [0.3, 0.4) is 0 Å². The molecule has 9 nitrogen and oxygen atoms in total. The molecule has 31 heavy (non-hydrogen) atoms. The SMILES string of the molecule is CC1CN(C(=O)c2ccccc2)CCN1C(=O)C(=O)c1c[nH]c2c([N+](=O)[O-])cccc12. The lowest BCUT2D eigenvalue weighted by Gasteiger charge is -2.39. The molecule has 0 spiro atoms. The molecule has 1 unspecified atom stereocenters. The zero-order valence-corrected chi connectivity index (χ0v) is 16.8. The van der Waals surface area contributed by atoms with Crippen molar-refractivity contribution in [2.75, 3.05) is 19.6 Å². The quantitative estimate of drug-likeness (QED) is 0.301. The average Bonchev–Trinajstić information content (AvgIpc) is 3.22. The first-order valence-electron chi connectivity index (χ1n) is 9.82. The molecule has 1 fully saturated rings. The van der Waals surface area contributed by atoms with Gasteiger partial charge in [-0.1, -0.05) is 30.3 Å². The zero-order chi connectivity index (χ0) is 22.1. The number of benzene rings is 2. The summed E-state index contributed by atoms with van der Waals surface area (Å²) in [6, 6.07) is 12.9. The van der Waals surface area contributed by atoms with Crippen molar-refractivity contribution in [3.05, 3.63) is 76.0 Å². The number of ketones is 1. The van der Waals surface area contributed by atoms with Crippen LogP contribution in [0, 0.1) is 10.1 Å². The summed E-state index contributed by atoms with van der Waals surface area (Å²) < 4.78 is 0. The van der Waals surface area contributed by atoms with Gasteiger partial charge in [0.1, 0.15) is 5.52 Å². The highest BCUT2D eigenvalue weighted by Crippen LogP contribution is 2.28. The van der Waals surface area contributed by atoms with E-state index in [2.05, 4.69) is 4.98 Å². The van der Waals surface area contributed by atoms with E-state index in [1.54, 1.807) is 42.2 Å². The van der Waals surface area contributed by atoms with Crippen LogP contribution in [-0.2, 0) is 4.79 Å². The second kappa shape index (κ2) is 8.02. The number of aromatic amines is 1. The summed E-state index contributed by atoms with van der Waals surface area (Å²) in [5.74, 6) is -1.54. The van der Waals surface area contributed by atoms with Gasteiger partial charge in [0.15, 0.2) is 0 Å². The number of nitro groups is 1. The first kappa shape index (κ1) is 20.3. The van der Waals surface area contributed by atoms with E-state index in [0.29, 0.717) is 24.0 Å². The summed E-state index contributed by atoms with van der Waals surface area (Å²) in [7, 11) is 0. The number of H-pyrrole nitrogens is 1. The molecule has 2 heterocycles. The Morgan fingerprint density at radius 2 is 1.81 bits per heavy atom. The molecule has 9 heteroatoms. The van der Waals surface area contributed by atoms with Gasteiger partial charge in [0.05, 0.1) is 10.5 Å². The molecule has 1 aromatic heterocycles. The van der Waals surface area contributed by atoms with Gasteiger partial charge in [-0.25, -0.2) is 0 Å².